The molecule has 34 heavy (non-hydrogen) atoms. The Morgan fingerprint density at radius 1 is 1.09 bits per heavy atom. The van der Waals surface area contributed by atoms with Crippen molar-refractivity contribution in [3.63, 3.8) is 0 Å². The van der Waals surface area contributed by atoms with Gasteiger partial charge in [0.05, 0.1) is 23.7 Å². The third-order valence-corrected chi connectivity index (χ3v) is 6.42. The Morgan fingerprint density at radius 2 is 1.74 bits per heavy atom. The number of carbonyl (C=O) groups excluding carboxylic acids is 3. The van der Waals surface area contributed by atoms with Crippen LogP contribution in [0.25, 0.3) is 0 Å². The van der Waals surface area contributed by atoms with E-state index in [4.69, 9.17) is 9.47 Å². The molecule has 1 saturated carbocycles. The number of amides is 4. The van der Waals surface area contributed by atoms with Crippen LogP contribution in [0.3, 0.4) is 0 Å². The van der Waals surface area contributed by atoms with Crippen molar-refractivity contribution in [3.05, 3.63) is 35.4 Å². The molecule has 1 saturated heterocycles. The number of alkyl halides is 3. The predicted molar refractivity (Wildman–Crippen MR) is 115 cm³/mol. The average Bonchev–Trinajstić information content (AvgIpc) is 2.81. The number of nitrogens with one attached hydrogen (secondary N) is 2. The van der Waals surface area contributed by atoms with E-state index in [0.29, 0.717) is 31.2 Å². The molecule has 2 fully saturated rings. The lowest BCUT2D eigenvalue weighted by molar-refractivity contribution is -0.144. The molecule has 2 aliphatic rings. The van der Waals surface area contributed by atoms with Gasteiger partial charge >= 0.3 is 12.2 Å². The van der Waals surface area contributed by atoms with Gasteiger partial charge in [-0.25, -0.2) is 4.79 Å². The number of methoxy groups -OCH3 is 2. The molecule has 1 aliphatic carbocycles. The summed E-state index contributed by atoms with van der Waals surface area (Å²) in [7, 11) is 3.15. The normalized spacial score (nSPS) is 25.0. The van der Waals surface area contributed by atoms with Crippen LogP contribution in [0.4, 0.5) is 18.0 Å². The number of benzene rings is 1. The van der Waals surface area contributed by atoms with Gasteiger partial charge in [0.2, 0.25) is 11.8 Å². The van der Waals surface area contributed by atoms with Crippen molar-refractivity contribution in [1.29, 1.82) is 0 Å². The number of hydrogen-bond acceptors (Lipinski definition) is 5. The number of halogens is 3. The molecule has 1 aliphatic heterocycles. The molecule has 1 aromatic carbocycles. The highest BCUT2D eigenvalue weighted by Gasteiger charge is 2.47. The predicted octanol–water partition coefficient (Wildman–Crippen LogP) is 2.85. The SMILES string of the molecule is COC1CC2NC(=O)N(CCCCC(=O)NCc3ccc(C(F)(F)F)cc3)C(=O)C2CC1OC. The molecule has 1 aromatic rings. The van der Waals surface area contributed by atoms with Crippen LogP contribution >= 0.6 is 0 Å². The van der Waals surface area contributed by atoms with E-state index in [-0.39, 0.29) is 55.5 Å². The standard InChI is InChI=1S/C23H30F3N3O5/c1-33-18-11-16-17(12-19(18)34-2)28-22(32)29(21(16)31)10-4-3-5-20(30)27-13-14-6-8-15(9-7-14)23(24,25)26/h6-9,16-19H,3-5,10-13H2,1-2H3,(H,27,30)(H,28,32). The van der Waals surface area contributed by atoms with Crippen molar-refractivity contribution in [2.24, 2.45) is 5.92 Å². The molecule has 1 heterocycles. The van der Waals surface area contributed by atoms with Gasteiger partial charge < -0.3 is 20.1 Å². The number of rotatable bonds is 9. The lowest BCUT2D eigenvalue weighted by Gasteiger charge is -2.44. The van der Waals surface area contributed by atoms with Gasteiger partial charge in [0, 0.05) is 39.8 Å². The second-order valence-electron chi connectivity index (χ2n) is 8.60. The fourth-order valence-corrected chi connectivity index (χ4v) is 4.47. The van der Waals surface area contributed by atoms with Gasteiger partial charge in [-0.2, -0.15) is 13.2 Å². The minimum atomic E-state index is -4.40. The molecular weight excluding hydrogens is 455 g/mol. The number of fused-ring (bicyclic) bond motifs is 1. The monoisotopic (exact) mass is 485 g/mol. The van der Waals surface area contributed by atoms with Gasteiger partial charge in [-0.1, -0.05) is 12.1 Å². The number of nitrogens with zero attached hydrogens (tertiary/aromatic N) is 1. The Bertz CT molecular complexity index is 878. The quantitative estimate of drug-likeness (QED) is 0.525. The molecule has 0 spiro atoms. The third-order valence-electron chi connectivity index (χ3n) is 6.42. The maximum Gasteiger partial charge on any atom is 0.416 e. The fourth-order valence-electron chi connectivity index (χ4n) is 4.47. The Morgan fingerprint density at radius 3 is 2.35 bits per heavy atom. The van der Waals surface area contributed by atoms with Crippen LogP contribution in [0, 0.1) is 5.92 Å². The van der Waals surface area contributed by atoms with E-state index < -0.39 is 17.8 Å². The Balaban J connectivity index is 1.40. The molecule has 188 valence electrons. The summed E-state index contributed by atoms with van der Waals surface area (Å²) in [6, 6.07) is 3.87. The Kier molecular flexibility index (Phi) is 8.53. The molecule has 4 amide bonds. The van der Waals surface area contributed by atoms with Gasteiger partial charge in [-0.15, -0.1) is 0 Å². The molecule has 3 rings (SSSR count). The van der Waals surface area contributed by atoms with Crippen LogP contribution in [0.5, 0.6) is 0 Å². The van der Waals surface area contributed by atoms with E-state index in [9.17, 15) is 27.6 Å². The smallest absolute Gasteiger partial charge is 0.379 e. The van der Waals surface area contributed by atoms with Gasteiger partial charge in [0.1, 0.15) is 0 Å². The first-order valence-electron chi connectivity index (χ1n) is 11.2. The minimum absolute atomic E-state index is 0.121. The largest absolute Gasteiger partial charge is 0.416 e. The van der Waals surface area contributed by atoms with Crippen LogP contribution in [0.2, 0.25) is 0 Å². The van der Waals surface area contributed by atoms with Gasteiger partial charge in [0.15, 0.2) is 0 Å². The van der Waals surface area contributed by atoms with Crippen molar-refractivity contribution in [2.45, 2.75) is 63.1 Å². The number of carbonyl (C=O) groups is 3. The number of unbranched alkanes of at least 4 members (excludes halogenated alkanes) is 1. The highest BCUT2D eigenvalue weighted by molar-refractivity contribution is 5.98. The highest BCUT2D eigenvalue weighted by atomic mass is 19.4. The van der Waals surface area contributed by atoms with Crippen molar-refractivity contribution >= 4 is 17.8 Å². The van der Waals surface area contributed by atoms with Crippen molar-refractivity contribution in [1.82, 2.24) is 15.5 Å². The number of ether oxygens (including phenoxy) is 2. The molecule has 0 aromatic heterocycles. The maximum absolute atomic E-state index is 12.9. The van der Waals surface area contributed by atoms with E-state index in [2.05, 4.69) is 10.6 Å². The third kappa shape index (κ3) is 6.26. The zero-order chi connectivity index (χ0) is 24.9. The molecule has 4 atom stereocenters. The molecule has 4 unspecified atom stereocenters. The van der Waals surface area contributed by atoms with E-state index in [0.717, 1.165) is 12.1 Å². The molecule has 2 N–H and O–H groups in total. The van der Waals surface area contributed by atoms with Crippen LogP contribution in [-0.4, -0.2) is 61.8 Å². The molecular formula is C23H30F3N3O5. The maximum atomic E-state index is 12.9. The topological polar surface area (TPSA) is 97.0 Å². The lowest BCUT2D eigenvalue weighted by Crippen LogP contribution is -2.64. The summed E-state index contributed by atoms with van der Waals surface area (Å²) in [5.41, 5.74) is -0.182. The van der Waals surface area contributed by atoms with Crippen LogP contribution < -0.4 is 10.6 Å². The molecule has 11 heteroatoms. The summed E-state index contributed by atoms with van der Waals surface area (Å²) in [6.45, 7) is 0.321. The second-order valence-corrected chi connectivity index (χ2v) is 8.60. The molecule has 8 nitrogen and oxygen atoms in total. The Hall–Kier alpha value is -2.66. The van der Waals surface area contributed by atoms with Crippen LogP contribution in [-0.2, 0) is 31.8 Å². The summed E-state index contributed by atoms with van der Waals surface area (Å²) >= 11 is 0. The zero-order valence-corrected chi connectivity index (χ0v) is 19.2. The van der Waals surface area contributed by atoms with Crippen molar-refractivity contribution < 1.29 is 37.0 Å². The highest BCUT2D eigenvalue weighted by Crippen LogP contribution is 2.33. The second kappa shape index (κ2) is 11.2. The lowest BCUT2D eigenvalue weighted by atomic mass is 9.79. The number of urea groups is 1. The summed E-state index contributed by atoms with van der Waals surface area (Å²) in [5.74, 6) is -0.867. The first-order chi connectivity index (χ1) is 16.1. The first kappa shape index (κ1) is 26.0. The van der Waals surface area contributed by atoms with Crippen molar-refractivity contribution in [3.8, 4) is 0 Å². The number of hydrogen-bond donors (Lipinski definition) is 2. The van der Waals surface area contributed by atoms with Crippen molar-refractivity contribution in [2.75, 3.05) is 20.8 Å². The molecule has 0 radical (unpaired) electrons. The minimum Gasteiger partial charge on any atom is -0.379 e. The zero-order valence-electron chi connectivity index (χ0n) is 19.2. The van der Waals surface area contributed by atoms with E-state index in [1.807, 2.05) is 0 Å². The summed E-state index contributed by atoms with van der Waals surface area (Å²) < 4.78 is 48.7. The van der Waals surface area contributed by atoms with E-state index in [1.54, 1.807) is 14.2 Å². The van der Waals surface area contributed by atoms with E-state index in [1.165, 1.54) is 17.0 Å². The summed E-state index contributed by atoms with van der Waals surface area (Å²) in [6.07, 6.45) is -2.75. The summed E-state index contributed by atoms with van der Waals surface area (Å²) in [4.78, 5) is 38.6. The fraction of sp³-hybridized carbons (Fsp3) is 0.609. The van der Waals surface area contributed by atoms with Gasteiger partial charge in [0.25, 0.3) is 0 Å². The first-order valence-corrected chi connectivity index (χ1v) is 11.2. The van der Waals surface area contributed by atoms with Crippen LogP contribution in [0.1, 0.15) is 43.2 Å². The summed E-state index contributed by atoms with van der Waals surface area (Å²) in [5, 5.41) is 5.56. The number of imide groups is 1. The Labute approximate surface area is 196 Å². The average molecular weight is 486 g/mol. The van der Waals surface area contributed by atoms with Crippen LogP contribution in [0.15, 0.2) is 24.3 Å². The van der Waals surface area contributed by atoms with E-state index >= 15 is 0 Å². The van der Waals surface area contributed by atoms with Gasteiger partial charge in [-0.05, 0) is 43.4 Å². The van der Waals surface area contributed by atoms with Gasteiger partial charge in [-0.3, -0.25) is 14.5 Å². The molecule has 0 bridgehead atoms.